The van der Waals surface area contributed by atoms with Gasteiger partial charge in [-0.3, -0.25) is 0 Å². The fourth-order valence-electron chi connectivity index (χ4n) is 10.3. The summed E-state index contributed by atoms with van der Waals surface area (Å²) in [7, 11) is 0. The average molecular weight is 671 g/mol. The van der Waals surface area contributed by atoms with Gasteiger partial charge in [0.25, 0.3) is 6.71 Å². The second-order valence-electron chi connectivity index (χ2n) is 16.8. The topological polar surface area (TPSA) is 6.48 Å². The van der Waals surface area contributed by atoms with Crippen molar-refractivity contribution in [2.45, 2.75) is 71.6 Å². The summed E-state index contributed by atoms with van der Waals surface area (Å²) in [6.45, 7) is 9.46. The largest absolute Gasteiger partial charge is 0.311 e. The van der Waals surface area contributed by atoms with Crippen LogP contribution in [0.25, 0.3) is 21.5 Å². The number of hydrogen-bond acceptors (Lipinski definition) is 2. The first kappa shape index (κ1) is 30.4. The maximum Gasteiger partial charge on any atom is 0.252 e. The Kier molecular flexibility index (Phi) is 6.35. The van der Waals surface area contributed by atoms with Crippen LogP contribution in [0.1, 0.15) is 67.0 Å². The van der Waals surface area contributed by atoms with Gasteiger partial charge in [0.15, 0.2) is 0 Å². The van der Waals surface area contributed by atoms with Crippen LogP contribution in [-0.4, -0.2) is 6.71 Å². The zero-order valence-corrected chi connectivity index (χ0v) is 30.7. The molecule has 2 aliphatic carbocycles. The van der Waals surface area contributed by atoms with Crippen molar-refractivity contribution in [1.82, 2.24) is 0 Å². The lowest BCUT2D eigenvalue weighted by Gasteiger charge is -2.45. The molecule has 0 unspecified atom stereocenters. The Hall–Kier alpha value is -5.28. The zero-order valence-electron chi connectivity index (χ0n) is 30.7. The molecular weight excluding hydrogens is 627 g/mol. The van der Waals surface area contributed by atoms with Gasteiger partial charge < -0.3 is 9.80 Å². The second-order valence-corrected chi connectivity index (χ2v) is 16.8. The number of anilines is 6. The minimum absolute atomic E-state index is 0.0179. The van der Waals surface area contributed by atoms with Crippen molar-refractivity contribution >= 4 is 78.8 Å². The molecule has 0 radical (unpaired) electrons. The van der Waals surface area contributed by atoms with Crippen LogP contribution < -0.4 is 26.2 Å². The predicted molar refractivity (Wildman–Crippen MR) is 223 cm³/mol. The Balaban J connectivity index is 1.29. The SMILES string of the molecule is Cc1cc2c3c(c1)N(c1ccccc1)c1c(cc4c5c(cccc15)CCC4)B3c1ccc(C(C)(C)C)cc1N2c1ccc2c3c(cccc13)CCC2. The minimum atomic E-state index is 0.0179. The summed E-state index contributed by atoms with van der Waals surface area (Å²) in [6.07, 6.45) is 7.04. The number of fused-ring (bicyclic) bond motifs is 5. The molecule has 52 heavy (non-hydrogen) atoms. The molecule has 0 amide bonds. The summed E-state index contributed by atoms with van der Waals surface area (Å²) in [5.41, 5.74) is 20.7. The van der Waals surface area contributed by atoms with E-state index in [0.29, 0.717) is 0 Å². The number of rotatable bonds is 2. The van der Waals surface area contributed by atoms with E-state index in [1.54, 1.807) is 0 Å². The van der Waals surface area contributed by atoms with Gasteiger partial charge in [-0.2, -0.15) is 0 Å². The molecule has 0 N–H and O–H groups in total. The van der Waals surface area contributed by atoms with Crippen LogP contribution in [0.4, 0.5) is 34.1 Å². The Labute approximate surface area is 307 Å². The molecule has 4 aliphatic rings. The van der Waals surface area contributed by atoms with E-state index < -0.39 is 0 Å². The van der Waals surface area contributed by atoms with Crippen LogP contribution in [0.3, 0.4) is 0 Å². The smallest absolute Gasteiger partial charge is 0.252 e. The van der Waals surface area contributed by atoms with E-state index in [1.807, 2.05) is 0 Å². The van der Waals surface area contributed by atoms with Gasteiger partial charge in [0.05, 0.1) is 5.69 Å². The van der Waals surface area contributed by atoms with E-state index in [2.05, 4.69) is 153 Å². The van der Waals surface area contributed by atoms with Crippen molar-refractivity contribution in [2.24, 2.45) is 0 Å². The summed E-state index contributed by atoms with van der Waals surface area (Å²) in [6, 6.07) is 45.1. The van der Waals surface area contributed by atoms with Gasteiger partial charge in [-0.05, 0) is 148 Å². The minimum Gasteiger partial charge on any atom is -0.311 e. The quantitative estimate of drug-likeness (QED) is 0.169. The molecule has 2 nitrogen and oxygen atoms in total. The second kappa shape index (κ2) is 10.9. The molecular formula is C49H43BN2. The summed E-state index contributed by atoms with van der Waals surface area (Å²) in [5, 5.41) is 5.71. The van der Waals surface area contributed by atoms with Crippen molar-refractivity contribution in [2.75, 3.05) is 9.80 Å². The normalized spacial score (nSPS) is 15.5. The first-order valence-corrected chi connectivity index (χ1v) is 19.4. The predicted octanol–water partition coefficient (Wildman–Crippen LogP) is 10.7. The fourth-order valence-corrected chi connectivity index (χ4v) is 10.3. The highest BCUT2D eigenvalue weighted by molar-refractivity contribution is 7.00. The highest BCUT2D eigenvalue weighted by Crippen LogP contribution is 2.49. The average Bonchev–Trinajstić information content (AvgIpc) is 3.15. The lowest BCUT2D eigenvalue weighted by molar-refractivity contribution is 0.590. The van der Waals surface area contributed by atoms with Crippen LogP contribution in [0.5, 0.6) is 0 Å². The summed E-state index contributed by atoms with van der Waals surface area (Å²) < 4.78 is 0. The van der Waals surface area contributed by atoms with Gasteiger partial charge in [0.2, 0.25) is 0 Å². The molecule has 0 spiro atoms. The van der Waals surface area contributed by atoms with E-state index in [4.69, 9.17) is 0 Å². The van der Waals surface area contributed by atoms with Crippen LogP contribution in [0.2, 0.25) is 0 Å². The van der Waals surface area contributed by atoms with Gasteiger partial charge >= 0.3 is 0 Å². The van der Waals surface area contributed by atoms with Crippen molar-refractivity contribution in [3.05, 3.63) is 149 Å². The van der Waals surface area contributed by atoms with Crippen molar-refractivity contribution in [3.63, 3.8) is 0 Å². The lowest BCUT2D eigenvalue weighted by atomic mass is 9.33. The number of para-hydroxylation sites is 1. The van der Waals surface area contributed by atoms with Crippen LogP contribution in [0.15, 0.2) is 115 Å². The first-order valence-electron chi connectivity index (χ1n) is 19.4. The molecule has 0 saturated heterocycles. The molecule has 2 aliphatic heterocycles. The summed E-state index contributed by atoms with van der Waals surface area (Å²) in [4.78, 5) is 5.27. The summed E-state index contributed by atoms with van der Waals surface area (Å²) >= 11 is 0. The first-order chi connectivity index (χ1) is 25.3. The van der Waals surface area contributed by atoms with E-state index >= 15 is 0 Å². The van der Waals surface area contributed by atoms with E-state index in [9.17, 15) is 0 Å². The molecule has 0 aromatic heterocycles. The molecule has 0 fully saturated rings. The Morgan fingerprint density at radius 3 is 1.90 bits per heavy atom. The molecule has 7 aromatic carbocycles. The highest BCUT2D eigenvalue weighted by Gasteiger charge is 2.45. The highest BCUT2D eigenvalue weighted by atomic mass is 15.2. The van der Waals surface area contributed by atoms with Crippen molar-refractivity contribution in [1.29, 1.82) is 0 Å². The molecule has 11 rings (SSSR count). The maximum atomic E-state index is 2.65. The number of benzene rings is 7. The zero-order chi connectivity index (χ0) is 34.9. The third-order valence-electron chi connectivity index (χ3n) is 12.6. The van der Waals surface area contributed by atoms with Crippen molar-refractivity contribution < 1.29 is 0 Å². The third-order valence-corrected chi connectivity index (χ3v) is 12.6. The Bertz CT molecular complexity index is 2640. The van der Waals surface area contributed by atoms with Gasteiger partial charge in [0.1, 0.15) is 0 Å². The maximum absolute atomic E-state index is 2.65. The molecule has 252 valence electrons. The van der Waals surface area contributed by atoms with E-state index in [-0.39, 0.29) is 12.1 Å². The lowest BCUT2D eigenvalue weighted by Crippen LogP contribution is -2.61. The number of aryl methyl sites for hydroxylation is 5. The summed E-state index contributed by atoms with van der Waals surface area (Å²) in [5.74, 6) is 0. The van der Waals surface area contributed by atoms with Crippen LogP contribution >= 0.6 is 0 Å². The standard InChI is InChI=1S/C49H43BN2/c1-30-26-43-47-44(27-30)52(41-25-22-33-14-8-12-31-15-10-20-37(41)45(31)33)42-29-35(49(2,3)4)23-24-39(42)50(47)40-28-34-17-9-13-32-16-11-21-38(46(32)34)48(40)51(43)36-18-6-5-7-19-36/h5-7,10-11,15-16,18-29H,8-9,12-14,17H2,1-4H3. The van der Waals surface area contributed by atoms with Crippen molar-refractivity contribution in [3.8, 4) is 0 Å². The number of hydrogen-bond donors (Lipinski definition) is 0. The van der Waals surface area contributed by atoms with Gasteiger partial charge in [0, 0.05) is 39.2 Å². The molecule has 2 heterocycles. The molecule has 0 bridgehead atoms. The van der Waals surface area contributed by atoms with Gasteiger partial charge in [-0.1, -0.05) is 99.6 Å². The molecule has 0 atom stereocenters. The Morgan fingerprint density at radius 1 is 0.519 bits per heavy atom. The fraction of sp³-hybridized carbons (Fsp3) is 0.224. The molecule has 0 saturated carbocycles. The molecule has 7 aromatic rings. The van der Waals surface area contributed by atoms with Crippen LogP contribution in [-0.2, 0) is 31.1 Å². The van der Waals surface area contributed by atoms with E-state index in [1.165, 1.54) is 118 Å². The monoisotopic (exact) mass is 670 g/mol. The van der Waals surface area contributed by atoms with Gasteiger partial charge in [-0.25, -0.2) is 0 Å². The van der Waals surface area contributed by atoms with E-state index in [0.717, 1.165) is 25.7 Å². The van der Waals surface area contributed by atoms with Gasteiger partial charge in [-0.15, -0.1) is 0 Å². The molecule has 3 heteroatoms. The third kappa shape index (κ3) is 4.20. The van der Waals surface area contributed by atoms with Crippen LogP contribution in [0, 0.1) is 6.92 Å². The number of nitrogens with zero attached hydrogens (tertiary/aromatic N) is 2. The Morgan fingerprint density at radius 2 is 1.17 bits per heavy atom.